The molecule has 0 unspecified atom stereocenters. The van der Waals surface area contributed by atoms with E-state index in [0.717, 1.165) is 34.0 Å². The molecule has 6 rings (SSSR count). The van der Waals surface area contributed by atoms with Crippen LogP contribution in [0.25, 0.3) is 22.2 Å². The maximum atomic E-state index is 6.42. The molecule has 0 atom stereocenters. The van der Waals surface area contributed by atoms with Gasteiger partial charge in [0.1, 0.15) is 16.6 Å². The largest absolute Gasteiger partial charge is 0.367 e. The van der Waals surface area contributed by atoms with Gasteiger partial charge in [-0.05, 0) is 94.3 Å². The Bertz CT molecular complexity index is 1110. The van der Waals surface area contributed by atoms with Crippen molar-refractivity contribution in [3.8, 4) is 11.1 Å². The van der Waals surface area contributed by atoms with Crippen molar-refractivity contribution in [1.29, 1.82) is 0 Å². The van der Waals surface area contributed by atoms with Gasteiger partial charge in [-0.3, -0.25) is 0 Å². The second-order valence-corrected chi connectivity index (χ2v) is 10.8. The highest BCUT2D eigenvalue weighted by molar-refractivity contribution is 6.29. The fourth-order valence-corrected chi connectivity index (χ4v) is 6.26. The molecule has 3 aromatic rings. The minimum atomic E-state index is 0.446. The number of anilines is 1. The molecule has 2 saturated carbocycles. The van der Waals surface area contributed by atoms with Crippen molar-refractivity contribution in [2.45, 2.75) is 82.0 Å². The number of H-pyrrole nitrogens is 1. The molecule has 1 saturated heterocycles. The number of aromatic nitrogens is 3. The first-order chi connectivity index (χ1) is 16.7. The van der Waals surface area contributed by atoms with Crippen molar-refractivity contribution in [1.82, 2.24) is 25.2 Å². The molecule has 3 fully saturated rings. The first kappa shape index (κ1) is 22.3. The van der Waals surface area contributed by atoms with Crippen LogP contribution in [0.15, 0.2) is 36.7 Å². The summed E-state index contributed by atoms with van der Waals surface area (Å²) in [5, 5.41) is 9.28. The van der Waals surface area contributed by atoms with E-state index in [2.05, 4.69) is 42.6 Å². The van der Waals surface area contributed by atoms with Crippen LogP contribution in [-0.2, 0) is 0 Å². The third-order valence-corrected chi connectivity index (χ3v) is 8.42. The lowest BCUT2D eigenvalue weighted by molar-refractivity contribution is 0.0887. The maximum absolute atomic E-state index is 6.42. The van der Waals surface area contributed by atoms with Crippen LogP contribution in [0.3, 0.4) is 0 Å². The topological polar surface area (TPSA) is 68.9 Å². The molecule has 3 aliphatic rings. The van der Waals surface area contributed by atoms with Crippen LogP contribution in [0, 0.1) is 0 Å². The van der Waals surface area contributed by atoms with Crippen LogP contribution in [0.2, 0.25) is 5.15 Å². The van der Waals surface area contributed by atoms with Gasteiger partial charge in [0.25, 0.3) is 0 Å². The normalized spacial score (nSPS) is 24.9. The predicted octanol–water partition coefficient (Wildman–Crippen LogP) is 5.61. The Morgan fingerprint density at radius 2 is 1.71 bits per heavy atom. The Hall–Kier alpha value is -2.15. The summed E-state index contributed by atoms with van der Waals surface area (Å²) in [6, 6.07) is 10.8. The van der Waals surface area contributed by atoms with Crippen molar-refractivity contribution in [2.24, 2.45) is 0 Å². The molecule has 0 amide bonds. The molecular weight excluding hydrogens is 444 g/mol. The van der Waals surface area contributed by atoms with Gasteiger partial charge < -0.3 is 20.5 Å². The zero-order valence-corrected chi connectivity index (χ0v) is 20.5. The van der Waals surface area contributed by atoms with Crippen LogP contribution >= 0.6 is 11.6 Å². The highest BCUT2D eigenvalue weighted by atomic mass is 35.5. The molecule has 3 aromatic heterocycles. The monoisotopic (exact) mass is 478 g/mol. The molecule has 0 aromatic carbocycles. The summed E-state index contributed by atoms with van der Waals surface area (Å²) in [7, 11) is 0. The lowest BCUT2D eigenvalue weighted by Crippen LogP contribution is -2.51. The zero-order chi connectivity index (χ0) is 22.9. The quantitative estimate of drug-likeness (QED) is 0.402. The van der Waals surface area contributed by atoms with E-state index in [1.807, 2.05) is 18.3 Å². The van der Waals surface area contributed by atoms with E-state index in [-0.39, 0.29) is 0 Å². The van der Waals surface area contributed by atoms with Gasteiger partial charge in [-0.1, -0.05) is 18.0 Å². The molecular formula is C27H35ClN6. The highest BCUT2D eigenvalue weighted by Crippen LogP contribution is 2.32. The van der Waals surface area contributed by atoms with Crippen LogP contribution in [0.4, 0.5) is 5.82 Å². The van der Waals surface area contributed by atoms with Gasteiger partial charge in [-0.15, -0.1) is 0 Å². The standard InChI is InChI=1S/C27H35ClN6/c28-25-15-18(24-17-30-27-23(24)5-2-12-29-27)16-26(33-25)32-20-8-6-19(7-9-20)31-21-10-13-34(14-11-21)22-3-1-4-22/h2,5,12,15-17,19-22,31H,1,3-4,6-11,13-14H2,(H,29,30)(H,32,33)/t19-,20-. The number of likely N-dealkylation sites (tertiary alicyclic amines) is 1. The minimum Gasteiger partial charge on any atom is -0.367 e. The molecule has 2 aliphatic carbocycles. The molecule has 0 bridgehead atoms. The molecule has 180 valence electrons. The van der Waals surface area contributed by atoms with Gasteiger partial charge in [0.15, 0.2) is 0 Å². The average Bonchev–Trinajstić information content (AvgIpc) is 3.24. The van der Waals surface area contributed by atoms with Crippen molar-refractivity contribution in [3.05, 3.63) is 41.8 Å². The summed E-state index contributed by atoms with van der Waals surface area (Å²) in [6.07, 6.45) is 15.5. The molecule has 7 heteroatoms. The first-order valence-electron chi connectivity index (χ1n) is 13.1. The van der Waals surface area contributed by atoms with Crippen molar-refractivity contribution < 1.29 is 0 Å². The van der Waals surface area contributed by atoms with E-state index in [1.54, 1.807) is 6.20 Å². The summed E-state index contributed by atoms with van der Waals surface area (Å²) in [5.41, 5.74) is 3.05. The number of nitrogens with zero attached hydrogens (tertiary/aromatic N) is 3. The third kappa shape index (κ3) is 4.81. The van der Waals surface area contributed by atoms with E-state index < -0.39 is 0 Å². The first-order valence-corrected chi connectivity index (χ1v) is 13.5. The second-order valence-electron chi connectivity index (χ2n) is 10.4. The fourth-order valence-electron chi connectivity index (χ4n) is 6.05. The number of hydrogen-bond donors (Lipinski definition) is 3. The van der Waals surface area contributed by atoms with E-state index >= 15 is 0 Å². The third-order valence-electron chi connectivity index (χ3n) is 8.23. The Kier molecular flexibility index (Phi) is 6.46. The molecule has 1 aliphatic heterocycles. The van der Waals surface area contributed by atoms with Gasteiger partial charge in [0.05, 0.1) is 0 Å². The summed E-state index contributed by atoms with van der Waals surface area (Å²) >= 11 is 6.42. The van der Waals surface area contributed by atoms with Crippen LogP contribution in [0.1, 0.15) is 57.8 Å². The summed E-state index contributed by atoms with van der Waals surface area (Å²) in [6.45, 7) is 2.57. The van der Waals surface area contributed by atoms with Crippen LogP contribution in [0.5, 0.6) is 0 Å². The molecule has 3 N–H and O–H groups in total. The maximum Gasteiger partial charge on any atom is 0.137 e. The van der Waals surface area contributed by atoms with Crippen LogP contribution in [-0.4, -0.2) is 57.1 Å². The van der Waals surface area contributed by atoms with Crippen molar-refractivity contribution >= 4 is 28.5 Å². The zero-order valence-electron chi connectivity index (χ0n) is 19.8. The summed E-state index contributed by atoms with van der Waals surface area (Å²) in [4.78, 5) is 15.0. The van der Waals surface area contributed by atoms with E-state index in [0.29, 0.717) is 23.3 Å². The number of halogens is 1. The molecule has 34 heavy (non-hydrogen) atoms. The Morgan fingerprint density at radius 1 is 0.941 bits per heavy atom. The molecule has 0 radical (unpaired) electrons. The Morgan fingerprint density at radius 3 is 2.47 bits per heavy atom. The van der Waals surface area contributed by atoms with E-state index in [4.69, 9.17) is 11.6 Å². The summed E-state index contributed by atoms with van der Waals surface area (Å²) < 4.78 is 0. The van der Waals surface area contributed by atoms with Gasteiger partial charge in [0, 0.05) is 47.5 Å². The lowest BCUT2D eigenvalue weighted by Gasteiger charge is -2.43. The minimum absolute atomic E-state index is 0.446. The molecule has 0 spiro atoms. The Labute approximate surface area is 206 Å². The van der Waals surface area contributed by atoms with Crippen molar-refractivity contribution in [3.63, 3.8) is 0 Å². The van der Waals surface area contributed by atoms with Gasteiger partial charge in [-0.2, -0.15) is 0 Å². The molecule has 6 nitrogen and oxygen atoms in total. The van der Waals surface area contributed by atoms with Gasteiger partial charge >= 0.3 is 0 Å². The van der Waals surface area contributed by atoms with E-state index in [1.165, 1.54) is 70.9 Å². The number of pyridine rings is 2. The lowest BCUT2D eigenvalue weighted by atomic mass is 9.88. The SMILES string of the molecule is Clc1cc(-c2c[nH]c3ncccc23)cc(N[C@H]2CC[C@H](NC3CCN(C4CCC4)CC3)CC2)n1. The number of nitrogens with one attached hydrogen (secondary N) is 3. The number of rotatable bonds is 6. The smallest absolute Gasteiger partial charge is 0.137 e. The highest BCUT2D eigenvalue weighted by Gasteiger charge is 2.30. The second kappa shape index (κ2) is 9.84. The van der Waals surface area contributed by atoms with Crippen molar-refractivity contribution in [2.75, 3.05) is 18.4 Å². The number of fused-ring (bicyclic) bond motifs is 1. The van der Waals surface area contributed by atoms with E-state index in [9.17, 15) is 0 Å². The Balaban J connectivity index is 1.03. The van der Waals surface area contributed by atoms with Gasteiger partial charge in [0.2, 0.25) is 0 Å². The summed E-state index contributed by atoms with van der Waals surface area (Å²) in [5.74, 6) is 0.862. The molecule has 4 heterocycles. The number of hydrogen-bond acceptors (Lipinski definition) is 5. The van der Waals surface area contributed by atoms with Crippen LogP contribution < -0.4 is 10.6 Å². The van der Waals surface area contributed by atoms with Gasteiger partial charge in [-0.25, -0.2) is 9.97 Å². The fraction of sp³-hybridized carbons (Fsp3) is 0.556. The number of aromatic amines is 1. The number of piperidine rings is 1. The predicted molar refractivity (Wildman–Crippen MR) is 139 cm³/mol. The average molecular weight is 479 g/mol.